The zero-order valence-corrected chi connectivity index (χ0v) is 23.8. The summed E-state index contributed by atoms with van der Waals surface area (Å²) in [4.78, 5) is 37.6. The summed E-state index contributed by atoms with van der Waals surface area (Å²) in [7, 11) is 1.78. The summed E-state index contributed by atoms with van der Waals surface area (Å²) >= 11 is 13.3. The molecule has 9 nitrogen and oxygen atoms in total. The zero-order chi connectivity index (χ0) is 27.8. The number of aromatic nitrogens is 3. The van der Waals surface area contributed by atoms with Gasteiger partial charge in [-0.2, -0.15) is 0 Å². The van der Waals surface area contributed by atoms with Crippen molar-refractivity contribution in [1.82, 2.24) is 20.1 Å². The number of hydrogen-bond donors (Lipinski definition) is 2. The summed E-state index contributed by atoms with van der Waals surface area (Å²) in [5.41, 5.74) is 1.16. The lowest BCUT2D eigenvalue weighted by molar-refractivity contribution is -0.113. The third-order valence-electron chi connectivity index (χ3n) is 5.43. The Labute approximate surface area is 235 Å². The molecule has 0 spiro atoms. The Balaban J connectivity index is 1.64. The topological polar surface area (TPSA) is 115 Å². The fourth-order valence-electron chi connectivity index (χ4n) is 3.47. The van der Waals surface area contributed by atoms with Crippen molar-refractivity contribution in [2.24, 2.45) is 13.0 Å². The molecule has 2 amide bonds. The monoisotopic (exact) mass is 577 g/mol. The van der Waals surface area contributed by atoms with Gasteiger partial charge in [0.05, 0.1) is 34.6 Å². The van der Waals surface area contributed by atoms with Crippen molar-refractivity contribution in [3.8, 4) is 0 Å². The summed E-state index contributed by atoms with van der Waals surface area (Å²) in [6, 6.07) is 10.8. The molecule has 202 valence electrons. The predicted octanol–water partition coefficient (Wildman–Crippen LogP) is 5.55. The van der Waals surface area contributed by atoms with Gasteiger partial charge in [0.25, 0.3) is 5.91 Å². The highest BCUT2D eigenvalue weighted by molar-refractivity contribution is 7.99. The number of hydrogen-bond acceptors (Lipinski definition) is 7. The molecule has 0 fully saturated rings. The average molecular weight is 579 g/mol. The van der Waals surface area contributed by atoms with Gasteiger partial charge in [-0.05, 0) is 48.7 Å². The van der Waals surface area contributed by atoms with E-state index in [9.17, 15) is 14.4 Å². The number of amides is 2. The van der Waals surface area contributed by atoms with Gasteiger partial charge in [-0.3, -0.25) is 9.59 Å². The molecule has 0 unspecified atom stereocenters. The van der Waals surface area contributed by atoms with Crippen molar-refractivity contribution in [3.05, 3.63) is 69.5 Å². The van der Waals surface area contributed by atoms with Gasteiger partial charge in [-0.15, -0.1) is 10.2 Å². The Hall–Kier alpha value is -3.08. The number of halogens is 2. The number of esters is 1. The maximum Gasteiger partial charge on any atom is 0.338 e. The average Bonchev–Trinajstić information content (AvgIpc) is 3.24. The molecule has 3 rings (SSSR count). The lowest BCUT2D eigenvalue weighted by atomic mass is 10.0. The molecular weight excluding hydrogens is 549 g/mol. The van der Waals surface area contributed by atoms with Crippen LogP contribution in [0.15, 0.2) is 47.6 Å². The van der Waals surface area contributed by atoms with Crippen LogP contribution in [0.25, 0.3) is 0 Å². The highest BCUT2D eigenvalue weighted by Gasteiger charge is 2.26. The van der Waals surface area contributed by atoms with Crippen LogP contribution in [0.3, 0.4) is 0 Å². The number of nitrogens with one attached hydrogen (secondary N) is 2. The molecular formula is C26H29Cl2N5O4S. The fraction of sp³-hybridized carbons (Fsp3) is 0.346. The molecule has 2 aromatic carbocycles. The van der Waals surface area contributed by atoms with Gasteiger partial charge in [-0.1, -0.05) is 61.8 Å². The van der Waals surface area contributed by atoms with E-state index < -0.39 is 12.0 Å². The molecule has 3 aromatic rings. The normalized spacial score (nSPS) is 11.8. The lowest BCUT2D eigenvalue weighted by Crippen LogP contribution is -2.33. The Morgan fingerprint density at radius 3 is 2.55 bits per heavy atom. The lowest BCUT2D eigenvalue weighted by Gasteiger charge is -2.22. The predicted molar refractivity (Wildman–Crippen MR) is 149 cm³/mol. The number of nitrogens with zero attached hydrogens (tertiary/aromatic N) is 3. The number of ether oxygens (including phenoxy) is 1. The van der Waals surface area contributed by atoms with Gasteiger partial charge in [0.15, 0.2) is 11.0 Å². The largest absolute Gasteiger partial charge is 0.462 e. The molecule has 0 aliphatic carbocycles. The minimum Gasteiger partial charge on any atom is -0.462 e. The third kappa shape index (κ3) is 7.72. The fourth-order valence-corrected chi connectivity index (χ4v) is 4.69. The van der Waals surface area contributed by atoms with Crippen molar-refractivity contribution in [2.75, 3.05) is 17.7 Å². The minimum absolute atomic E-state index is 0.00892. The van der Waals surface area contributed by atoms with Crippen LogP contribution in [-0.2, 0) is 16.6 Å². The maximum atomic E-state index is 12.9. The van der Waals surface area contributed by atoms with Crippen LogP contribution in [0.4, 0.5) is 5.69 Å². The van der Waals surface area contributed by atoms with E-state index in [1.165, 1.54) is 17.8 Å². The molecule has 1 atom stereocenters. The summed E-state index contributed by atoms with van der Waals surface area (Å²) in [6.45, 7) is 6.16. The van der Waals surface area contributed by atoms with Gasteiger partial charge in [0, 0.05) is 17.8 Å². The number of benzene rings is 2. The zero-order valence-electron chi connectivity index (χ0n) is 21.5. The summed E-state index contributed by atoms with van der Waals surface area (Å²) in [5, 5.41) is 15.4. The third-order valence-corrected chi connectivity index (χ3v) is 7.00. The highest BCUT2D eigenvalue weighted by atomic mass is 35.5. The number of carbonyl (C=O) groups excluding carboxylic acids is 3. The summed E-state index contributed by atoms with van der Waals surface area (Å²) < 4.78 is 6.89. The van der Waals surface area contributed by atoms with Crippen LogP contribution in [0.1, 0.15) is 59.8 Å². The number of rotatable bonds is 11. The van der Waals surface area contributed by atoms with E-state index in [-0.39, 0.29) is 28.5 Å². The Kier molecular flexibility index (Phi) is 10.6. The van der Waals surface area contributed by atoms with E-state index in [4.69, 9.17) is 27.9 Å². The molecule has 0 aliphatic heterocycles. The second kappa shape index (κ2) is 13.6. The second-order valence-corrected chi connectivity index (χ2v) is 10.6. The van der Waals surface area contributed by atoms with Crippen LogP contribution < -0.4 is 10.6 Å². The van der Waals surface area contributed by atoms with Crippen LogP contribution in [0.5, 0.6) is 0 Å². The second-order valence-electron chi connectivity index (χ2n) is 8.77. The Bertz CT molecular complexity index is 1310. The van der Waals surface area contributed by atoms with E-state index in [0.717, 1.165) is 6.42 Å². The first kappa shape index (κ1) is 29.5. The van der Waals surface area contributed by atoms with E-state index in [0.29, 0.717) is 39.4 Å². The first-order chi connectivity index (χ1) is 18.1. The molecule has 38 heavy (non-hydrogen) atoms. The van der Waals surface area contributed by atoms with Gasteiger partial charge in [-0.25, -0.2) is 4.79 Å². The maximum absolute atomic E-state index is 12.9. The van der Waals surface area contributed by atoms with E-state index in [1.807, 2.05) is 20.8 Å². The van der Waals surface area contributed by atoms with Crippen LogP contribution in [0, 0.1) is 5.92 Å². The minimum atomic E-state index is -0.454. The molecule has 0 saturated heterocycles. The van der Waals surface area contributed by atoms with Crippen molar-refractivity contribution < 1.29 is 19.1 Å². The van der Waals surface area contributed by atoms with Crippen LogP contribution >= 0.6 is 35.0 Å². The first-order valence-electron chi connectivity index (χ1n) is 12.0. The number of thioether (sulfide) groups is 1. The van der Waals surface area contributed by atoms with Gasteiger partial charge >= 0.3 is 5.97 Å². The summed E-state index contributed by atoms with van der Waals surface area (Å²) in [5.74, 6) is -0.471. The molecule has 0 bridgehead atoms. The van der Waals surface area contributed by atoms with Gasteiger partial charge in [0.2, 0.25) is 5.91 Å². The molecule has 1 aromatic heterocycles. The van der Waals surface area contributed by atoms with Crippen molar-refractivity contribution in [2.45, 2.75) is 38.4 Å². The van der Waals surface area contributed by atoms with Crippen molar-refractivity contribution >= 4 is 58.4 Å². The van der Waals surface area contributed by atoms with Gasteiger partial charge < -0.3 is 19.9 Å². The van der Waals surface area contributed by atoms with Crippen LogP contribution in [-0.4, -0.2) is 44.9 Å². The van der Waals surface area contributed by atoms with E-state index >= 15 is 0 Å². The van der Waals surface area contributed by atoms with E-state index in [2.05, 4.69) is 20.8 Å². The molecule has 12 heteroatoms. The van der Waals surface area contributed by atoms with Crippen LogP contribution in [0.2, 0.25) is 10.0 Å². The van der Waals surface area contributed by atoms with Gasteiger partial charge in [0.1, 0.15) is 0 Å². The molecule has 1 heterocycles. The Morgan fingerprint density at radius 1 is 1.11 bits per heavy atom. The Morgan fingerprint density at radius 2 is 1.87 bits per heavy atom. The quantitative estimate of drug-likeness (QED) is 0.227. The molecule has 2 N–H and O–H groups in total. The van der Waals surface area contributed by atoms with Crippen molar-refractivity contribution in [3.63, 3.8) is 0 Å². The highest BCUT2D eigenvalue weighted by Crippen LogP contribution is 2.26. The summed E-state index contributed by atoms with van der Waals surface area (Å²) in [6.07, 6.45) is 0.726. The first-order valence-corrected chi connectivity index (χ1v) is 13.7. The van der Waals surface area contributed by atoms with E-state index in [1.54, 1.807) is 48.0 Å². The molecule has 0 aliphatic rings. The SMILES string of the molecule is CCCOC(=O)c1cccc(NC(=O)CSc2nnc([C@@H](NC(=O)c3ccc(Cl)cc3Cl)C(C)C)n2C)c1. The van der Waals surface area contributed by atoms with Crippen molar-refractivity contribution in [1.29, 1.82) is 0 Å². The number of carbonyl (C=O) groups is 3. The standard InChI is InChI=1S/C26H29Cl2N5O4S/c1-5-11-37-25(36)16-7-6-8-18(12-16)29-21(34)14-38-26-32-31-23(33(26)4)22(15(2)3)30-24(35)19-10-9-17(27)13-20(19)28/h6-10,12-13,15,22H,5,11,14H2,1-4H3,(H,29,34)(H,30,35)/t22-/m0/s1. The molecule has 0 radical (unpaired) electrons. The number of anilines is 1. The molecule has 0 saturated carbocycles. The smallest absolute Gasteiger partial charge is 0.338 e.